The highest BCUT2D eigenvalue weighted by molar-refractivity contribution is 7.89. The van der Waals surface area contributed by atoms with Crippen molar-refractivity contribution in [1.82, 2.24) is 4.31 Å². The Hall–Kier alpha value is -4.24. The van der Waals surface area contributed by atoms with Crippen LogP contribution in [0.3, 0.4) is 0 Å². The van der Waals surface area contributed by atoms with E-state index >= 15 is 4.39 Å². The second kappa shape index (κ2) is 8.03. The molecule has 170 valence electrons. The number of nitriles is 1. The maximum absolute atomic E-state index is 15.5. The third-order valence-electron chi connectivity index (χ3n) is 5.24. The number of rotatable bonds is 6. The van der Waals surface area contributed by atoms with Gasteiger partial charge in [0.2, 0.25) is 5.95 Å². The second-order valence-corrected chi connectivity index (χ2v) is 8.92. The summed E-state index contributed by atoms with van der Waals surface area (Å²) in [5.41, 5.74) is -4.61. The smallest absolute Gasteiger partial charge is 0.343 e. The van der Waals surface area contributed by atoms with Crippen LogP contribution in [0.4, 0.5) is 4.39 Å². The number of carboxylic acids is 3. The molecule has 10 nitrogen and oxygen atoms in total. The average molecular weight is 474 g/mol. The molecule has 1 unspecified atom stereocenters. The summed E-state index contributed by atoms with van der Waals surface area (Å²) in [7, 11) is -5.20. The SMILES string of the molecule is Cc1ccc(S(=O)(=O)N2C(F)=C(C(=O)O)C(c3ccc(C#N)cc3)C2(C(=O)O)C(=O)O)cc1. The topological polar surface area (TPSA) is 173 Å². The highest BCUT2D eigenvalue weighted by Crippen LogP contribution is 2.52. The van der Waals surface area contributed by atoms with E-state index in [0.717, 1.165) is 36.4 Å². The fourth-order valence-electron chi connectivity index (χ4n) is 3.70. The summed E-state index contributed by atoms with van der Waals surface area (Å²) in [6.45, 7) is 1.62. The van der Waals surface area contributed by atoms with Crippen molar-refractivity contribution in [3.05, 3.63) is 76.7 Å². The summed E-state index contributed by atoms with van der Waals surface area (Å²) in [6.07, 6.45) is 0. The van der Waals surface area contributed by atoms with Gasteiger partial charge in [0.25, 0.3) is 15.6 Å². The van der Waals surface area contributed by atoms with Gasteiger partial charge in [-0.15, -0.1) is 0 Å². The molecule has 1 aliphatic rings. The Morgan fingerprint density at radius 3 is 1.94 bits per heavy atom. The summed E-state index contributed by atoms with van der Waals surface area (Å²) >= 11 is 0. The molecule has 0 saturated heterocycles. The first-order chi connectivity index (χ1) is 15.4. The largest absolute Gasteiger partial charge is 0.479 e. The Morgan fingerprint density at radius 1 is 1.00 bits per heavy atom. The highest BCUT2D eigenvalue weighted by atomic mass is 32.2. The molecular weight excluding hydrogens is 459 g/mol. The molecule has 1 aliphatic heterocycles. The predicted octanol–water partition coefficient (Wildman–Crippen LogP) is 1.83. The molecule has 0 fully saturated rings. The van der Waals surface area contributed by atoms with Crippen molar-refractivity contribution in [2.45, 2.75) is 23.3 Å². The van der Waals surface area contributed by atoms with E-state index in [1.54, 1.807) is 13.0 Å². The Morgan fingerprint density at radius 2 is 1.52 bits per heavy atom. The molecular formula is C21H15FN2O8S. The maximum atomic E-state index is 15.5. The van der Waals surface area contributed by atoms with Crippen LogP contribution in [0, 0.1) is 18.3 Å². The second-order valence-electron chi connectivity index (χ2n) is 7.14. The highest BCUT2D eigenvalue weighted by Gasteiger charge is 2.70. The summed E-state index contributed by atoms with van der Waals surface area (Å²) in [5, 5.41) is 38.6. The van der Waals surface area contributed by atoms with Crippen LogP contribution in [0.5, 0.6) is 0 Å². The van der Waals surface area contributed by atoms with Crippen molar-refractivity contribution in [2.75, 3.05) is 0 Å². The zero-order valence-electron chi connectivity index (χ0n) is 16.8. The van der Waals surface area contributed by atoms with Gasteiger partial charge in [-0.2, -0.15) is 9.65 Å². The predicted molar refractivity (Wildman–Crippen MR) is 108 cm³/mol. The van der Waals surface area contributed by atoms with Gasteiger partial charge in [0.15, 0.2) is 0 Å². The van der Waals surface area contributed by atoms with E-state index in [2.05, 4.69) is 0 Å². The van der Waals surface area contributed by atoms with Crippen molar-refractivity contribution in [3.8, 4) is 6.07 Å². The molecule has 0 saturated carbocycles. The first kappa shape index (κ1) is 23.4. The molecule has 0 aliphatic carbocycles. The van der Waals surface area contributed by atoms with Gasteiger partial charge in [-0.25, -0.2) is 27.1 Å². The molecule has 1 atom stereocenters. The third kappa shape index (κ3) is 3.39. The van der Waals surface area contributed by atoms with Crippen LogP contribution in [0.1, 0.15) is 22.6 Å². The van der Waals surface area contributed by atoms with Crippen molar-refractivity contribution >= 4 is 27.9 Å². The van der Waals surface area contributed by atoms with Crippen LogP contribution in [0.15, 0.2) is 65.0 Å². The molecule has 0 spiro atoms. The summed E-state index contributed by atoms with van der Waals surface area (Å²) in [6, 6.07) is 10.8. The van der Waals surface area contributed by atoms with Gasteiger partial charge in [0, 0.05) is 0 Å². The van der Waals surface area contributed by atoms with Gasteiger partial charge in [0.1, 0.15) is 5.57 Å². The Kier molecular flexibility index (Phi) is 5.70. The zero-order chi connectivity index (χ0) is 24.7. The Bertz CT molecular complexity index is 1330. The van der Waals surface area contributed by atoms with Gasteiger partial charge >= 0.3 is 17.9 Å². The molecule has 0 amide bonds. The lowest BCUT2D eigenvalue weighted by molar-refractivity contribution is -0.163. The zero-order valence-corrected chi connectivity index (χ0v) is 17.6. The number of benzene rings is 2. The Labute approximate surface area is 186 Å². The van der Waals surface area contributed by atoms with E-state index in [9.17, 15) is 38.1 Å². The number of halogens is 1. The van der Waals surface area contributed by atoms with E-state index in [1.807, 2.05) is 0 Å². The molecule has 3 rings (SSSR count). The van der Waals surface area contributed by atoms with E-state index in [1.165, 1.54) is 12.1 Å². The van der Waals surface area contributed by atoms with Gasteiger partial charge in [-0.05, 0) is 36.8 Å². The molecule has 3 N–H and O–H groups in total. The van der Waals surface area contributed by atoms with E-state index < -0.39 is 60.1 Å². The molecule has 0 bridgehead atoms. The fourth-order valence-corrected chi connectivity index (χ4v) is 5.34. The number of aryl methyl sites for hydroxylation is 1. The quantitative estimate of drug-likeness (QED) is 0.417. The standard InChI is InChI=1S/C21H15FN2O8S/c1-11-2-8-14(9-3-11)33(31,32)24-17(22)15(18(25)26)16(21(24,19(27)28)20(29)30)13-6-4-12(10-23)5-7-13/h2-9,16H,1H3,(H,25,26)(H,27,28)(H,29,30). The van der Waals surface area contributed by atoms with Crippen molar-refractivity contribution in [1.29, 1.82) is 5.26 Å². The normalized spacial score (nSPS) is 17.5. The summed E-state index contributed by atoms with van der Waals surface area (Å²) < 4.78 is 41.7. The van der Waals surface area contributed by atoms with Crippen LogP contribution < -0.4 is 0 Å². The van der Waals surface area contributed by atoms with Gasteiger partial charge in [-0.1, -0.05) is 29.8 Å². The number of aliphatic carboxylic acids is 3. The molecule has 2 aromatic carbocycles. The molecule has 0 aromatic heterocycles. The van der Waals surface area contributed by atoms with Crippen LogP contribution >= 0.6 is 0 Å². The number of hydrogen-bond donors (Lipinski definition) is 3. The minimum Gasteiger partial charge on any atom is -0.479 e. The van der Waals surface area contributed by atoms with Crippen LogP contribution in [0.25, 0.3) is 0 Å². The lowest BCUT2D eigenvalue weighted by Crippen LogP contribution is -2.61. The van der Waals surface area contributed by atoms with Crippen molar-refractivity contribution < 1.29 is 42.5 Å². The number of carboxylic acid groups (broad SMARTS) is 3. The molecule has 12 heteroatoms. The fraction of sp³-hybridized carbons (Fsp3) is 0.143. The van der Waals surface area contributed by atoms with E-state index in [-0.39, 0.29) is 11.1 Å². The Balaban J connectivity index is 2.42. The van der Waals surface area contributed by atoms with E-state index in [4.69, 9.17) is 5.26 Å². The lowest BCUT2D eigenvalue weighted by atomic mass is 9.77. The minimum atomic E-state index is -5.20. The molecule has 1 heterocycles. The van der Waals surface area contributed by atoms with Crippen LogP contribution in [-0.4, -0.2) is 51.5 Å². The monoisotopic (exact) mass is 474 g/mol. The summed E-state index contributed by atoms with van der Waals surface area (Å²) in [5.74, 6) is -11.0. The molecule has 2 aromatic rings. The summed E-state index contributed by atoms with van der Waals surface area (Å²) in [4.78, 5) is 36.1. The van der Waals surface area contributed by atoms with Crippen LogP contribution in [0.2, 0.25) is 0 Å². The minimum absolute atomic E-state index is 0.0680. The van der Waals surface area contributed by atoms with Gasteiger partial charge in [0.05, 0.1) is 22.4 Å². The first-order valence-electron chi connectivity index (χ1n) is 9.12. The van der Waals surface area contributed by atoms with Crippen LogP contribution in [-0.2, 0) is 24.4 Å². The maximum Gasteiger partial charge on any atom is 0.343 e. The number of sulfonamides is 1. The average Bonchev–Trinajstić information content (AvgIpc) is 3.05. The number of hydrogen-bond acceptors (Lipinski definition) is 6. The van der Waals surface area contributed by atoms with Gasteiger partial charge in [-0.3, -0.25) is 0 Å². The number of carbonyl (C=O) groups is 3. The third-order valence-corrected chi connectivity index (χ3v) is 7.04. The van der Waals surface area contributed by atoms with Crippen molar-refractivity contribution in [3.63, 3.8) is 0 Å². The van der Waals surface area contributed by atoms with Crippen molar-refractivity contribution in [2.24, 2.45) is 0 Å². The first-order valence-corrected chi connectivity index (χ1v) is 10.6. The molecule has 33 heavy (non-hydrogen) atoms. The molecule has 0 radical (unpaired) electrons. The lowest BCUT2D eigenvalue weighted by Gasteiger charge is -2.35. The number of nitrogens with zero attached hydrogens (tertiary/aromatic N) is 2. The van der Waals surface area contributed by atoms with E-state index in [0.29, 0.717) is 5.56 Å². The van der Waals surface area contributed by atoms with Gasteiger partial charge < -0.3 is 15.3 Å².